The molecule has 1 heterocycles. The molecule has 6 heteroatoms. The van der Waals surface area contributed by atoms with Crippen molar-refractivity contribution in [1.29, 1.82) is 0 Å². The van der Waals surface area contributed by atoms with Crippen LogP contribution in [0.1, 0.15) is 5.56 Å². The summed E-state index contributed by atoms with van der Waals surface area (Å²) in [4.78, 5) is 12.1. The van der Waals surface area contributed by atoms with Crippen molar-refractivity contribution >= 4 is 12.0 Å². The highest BCUT2D eigenvalue weighted by Gasteiger charge is 2.20. The molecule has 2 aromatic carbocycles. The first-order valence-corrected chi connectivity index (χ1v) is 8.26. The largest absolute Gasteiger partial charge is 0.497 e. The number of hydrogen-bond donors (Lipinski definition) is 1. The predicted octanol–water partition coefficient (Wildman–Crippen LogP) is 2.67. The van der Waals surface area contributed by atoms with Crippen LogP contribution in [0.3, 0.4) is 0 Å². The summed E-state index contributed by atoms with van der Waals surface area (Å²) in [6.45, 7) is 0.755. The molecule has 1 amide bonds. The zero-order chi connectivity index (χ0) is 18.4. The summed E-state index contributed by atoms with van der Waals surface area (Å²) in [6.07, 6.45) is 2.93. The molecule has 3 rings (SSSR count). The quantitative estimate of drug-likeness (QED) is 0.807. The molecule has 0 bridgehead atoms. The normalized spacial score (nSPS) is 15.5. The van der Waals surface area contributed by atoms with Gasteiger partial charge in [0.15, 0.2) is 11.5 Å². The topological polar surface area (TPSA) is 66.0 Å². The average Bonchev–Trinajstić information content (AvgIpc) is 2.70. The minimum atomic E-state index is -0.224. The highest BCUT2D eigenvalue weighted by molar-refractivity contribution is 5.92. The monoisotopic (exact) mass is 355 g/mol. The molecule has 0 saturated carbocycles. The molecular formula is C20H21NO5. The van der Waals surface area contributed by atoms with Crippen LogP contribution in [0, 0.1) is 0 Å². The molecule has 0 fully saturated rings. The lowest BCUT2D eigenvalue weighted by Crippen LogP contribution is -2.40. The Morgan fingerprint density at radius 2 is 2.00 bits per heavy atom. The lowest BCUT2D eigenvalue weighted by molar-refractivity contribution is -0.116. The van der Waals surface area contributed by atoms with E-state index in [0.29, 0.717) is 30.4 Å². The summed E-state index contributed by atoms with van der Waals surface area (Å²) in [7, 11) is 3.16. The molecule has 1 aliphatic rings. The SMILES string of the molecule is COc1ccc(/C=C/C(=O)NC[C@@H]2COc3ccccc3O2)c(OC)c1. The predicted molar refractivity (Wildman–Crippen MR) is 97.9 cm³/mol. The number of para-hydroxylation sites is 2. The fraction of sp³-hybridized carbons (Fsp3) is 0.250. The fourth-order valence-corrected chi connectivity index (χ4v) is 2.56. The van der Waals surface area contributed by atoms with E-state index in [4.69, 9.17) is 18.9 Å². The summed E-state index contributed by atoms with van der Waals surface area (Å²) in [5.74, 6) is 2.52. The molecule has 0 saturated heterocycles. The van der Waals surface area contributed by atoms with Crippen LogP contribution in [0.15, 0.2) is 48.5 Å². The first kappa shape index (κ1) is 17.7. The minimum Gasteiger partial charge on any atom is -0.497 e. The number of carbonyl (C=O) groups is 1. The minimum absolute atomic E-state index is 0.217. The van der Waals surface area contributed by atoms with Crippen LogP contribution in [-0.2, 0) is 4.79 Å². The van der Waals surface area contributed by atoms with Crippen molar-refractivity contribution in [3.63, 3.8) is 0 Å². The molecule has 6 nitrogen and oxygen atoms in total. The van der Waals surface area contributed by atoms with Gasteiger partial charge < -0.3 is 24.3 Å². The van der Waals surface area contributed by atoms with E-state index in [2.05, 4.69) is 5.32 Å². The number of rotatable bonds is 6. The van der Waals surface area contributed by atoms with Crippen LogP contribution < -0.4 is 24.3 Å². The zero-order valence-corrected chi connectivity index (χ0v) is 14.7. The average molecular weight is 355 g/mol. The van der Waals surface area contributed by atoms with Gasteiger partial charge in [-0.05, 0) is 30.3 Å². The van der Waals surface area contributed by atoms with Gasteiger partial charge in [0.05, 0.1) is 20.8 Å². The van der Waals surface area contributed by atoms with E-state index in [1.54, 1.807) is 26.4 Å². The first-order chi connectivity index (χ1) is 12.7. The molecule has 0 aliphatic carbocycles. The van der Waals surface area contributed by atoms with Crippen molar-refractivity contribution in [2.24, 2.45) is 0 Å². The maximum absolute atomic E-state index is 12.1. The lowest BCUT2D eigenvalue weighted by Gasteiger charge is -2.26. The van der Waals surface area contributed by atoms with E-state index in [0.717, 1.165) is 11.3 Å². The van der Waals surface area contributed by atoms with Gasteiger partial charge >= 0.3 is 0 Å². The van der Waals surface area contributed by atoms with Crippen LogP contribution in [0.5, 0.6) is 23.0 Å². The van der Waals surface area contributed by atoms with E-state index in [-0.39, 0.29) is 12.0 Å². The smallest absolute Gasteiger partial charge is 0.244 e. The van der Waals surface area contributed by atoms with E-state index in [1.165, 1.54) is 6.08 Å². The second-order valence-electron chi connectivity index (χ2n) is 5.68. The van der Waals surface area contributed by atoms with Crippen LogP contribution in [0.2, 0.25) is 0 Å². The third kappa shape index (κ3) is 4.27. The molecule has 1 atom stereocenters. The van der Waals surface area contributed by atoms with E-state index < -0.39 is 0 Å². The summed E-state index contributed by atoms with van der Waals surface area (Å²) in [6, 6.07) is 12.9. The number of benzene rings is 2. The molecule has 26 heavy (non-hydrogen) atoms. The Bertz CT molecular complexity index is 803. The molecule has 1 aliphatic heterocycles. The highest BCUT2D eigenvalue weighted by atomic mass is 16.6. The van der Waals surface area contributed by atoms with Crippen molar-refractivity contribution in [2.75, 3.05) is 27.4 Å². The third-order valence-electron chi connectivity index (χ3n) is 3.93. The molecule has 0 spiro atoms. The van der Waals surface area contributed by atoms with Crippen molar-refractivity contribution in [3.8, 4) is 23.0 Å². The zero-order valence-electron chi connectivity index (χ0n) is 14.7. The van der Waals surface area contributed by atoms with Crippen LogP contribution in [-0.4, -0.2) is 39.4 Å². The maximum Gasteiger partial charge on any atom is 0.244 e. The van der Waals surface area contributed by atoms with Gasteiger partial charge in [-0.15, -0.1) is 0 Å². The molecular weight excluding hydrogens is 334 g/mol. The fourth-order valence-electron chi connectivity index (χ4n) is 2.56. The van der Waals surface area contributed by atoms with Gasteiger partial charge in [-0.25, -0.2) is 0 Å². The number of ether oxygens (including phenoxy) is 4. The Kier molecular flexibility index (Phi) is 5.63. The molecule has 2 aromatic rings. The van der Waals surface area contributed by atoms with Crippen LogP contribution in [0.25, 0.3) is 6.08 Å². The maximum atomic E-state index is 12.1. The number of hydrogen-bond acceptors (Lipinski definition) is 5. The van der Waals surface area contributed by atoms with Crippen molar-refractivity contribution < 1.29 is 23.7 Å². The summed E-state index contributed by atoms with van der Waals surface area (Å²) >= 11 is 0. The molecule has 0 aromatic heterocycles. The van der Waals surface area contributed by atoms with E-state index in [9.17, 15) is 4.79 Å². The van der Waals surface area contributed by atoms with Gasteiger partial charge in [-0.3, -0.25) is 4.79 Å². The van der Waals surface area contributed by atoms with Gasteiger partial charge in [-0.1, -0.05) is 12.1 Å². The Morgan fingerprint density at radius 1 is 1.19 bits per heavy atom. The Labute approximate surface area is 152 Å². The Hall–Kier alpha value is -3.15. The lowest BCUT2D eigenvalue weighted by atomic mass is 10.1. The molecule has 136 valence electrons. The molecule has 0 unspecified atom stereocenters. The standard InChI is InChI=1S/C20H21NO5/c1-23-15-9-7-14(19(11-15)24-2)8-10-20(22)21-12-16-13-25-17-5-3-4-6-18(17)26-16/h3-11,16H,12-13H2,1-2H3,(H,21,22)/b10-8+/t16-/m1/s1. The number of methoxy groups -OCH3 is 2. The van der Waals surface area contributed by atoms with Crippen molar-refractivity contribution in [3.05, 3.63) is 54.1 Å². The second kappa shape index (κ2) is 8.29. The van der Waals surface area contributed by atoms with Crippen LogP contribution >= 0.6 is 0 Å². The van der Waals surface area contributed by atoms with Crippen molar-refractivity contribution in [2.45, 2.75) is 6.10 Å². The van der Waals surface area contributed by atoms with Gasteiger partial charge in [0.1, 0.15) is 24.2 Å². The number of fused-ring (bicyclic) bond motifs is 1. The van der Waals surface area contributed by atoms with Gasteiger partial charge in [0, 0.05) is 17.7 Å². The summed E-state index contributed by atoms with van der Waals surface area (Å²) < 4.78 is 21.9. The van der Waals surface area contributed by atoms with Gasteiger partial charge in [0.2, 0.25) is 5.91 Å². The summed E-state index contributed by atoms with van der Waals surface area (Å²) in [5.41, 5.74) is 0.787. The number of carbonyl (C=O) groups excluding carboxylic acids is 1. The Morgan fingerprint density at radius 3 is 2.77 bits per heavy atom. The van der Waals surface area contributed by atoms with Crippen LogP contribution in [0.4, 0.5) is 0 Å². The second-order valence-corrected chi connectivity index (χ2v) is 5.68. The number of nitrogens with one attached hydrogen (secondary N) is 1. The van der Waals surface area contributed by atoms with E-state index >= 15 is 0 Å². The van der Waals surface area contributed by atoms with E-state index in [1.807, 2.05) is 36.4 Å². The highest BCUT2D eigenvalue weighted by Crippen LogP contribution is 2.30. The Balaban J connectivity index is 1.54. The molecule has 1 N–H and O–H groups in total. The molecule has 0 radical (unpaired) electrons. The summed E-state index contributed by atoms with van der Waals surface area (Å²) in [5, 5.41) is 2.82. The number of amides is 1. The third-order valence-corrected chi connectivity index (χ3v) is 3.93. The van der Waals surface area contributed by atoms with Gasteiger partial charge in [0.25, 0.3) is 0 Å². The van der Waals surface area contributed by atoms with Gasteiger partial charge in [-0.2, -0.15) is 0 Å². The first-order valence-electron chi connectivity index (χ1n) is 8.26. The van der Waals surface area contributed by atoms with Crippen molar-refractivity contribution in [1.82, 2.24) is 5.32 Å².